The highest BCUT2D eigenvalue weighted by molar-refractivity contribution is 7.99. The van der Waals surface area contributed by atoms with E-state index >= 15 is 0 Å². The van der Waals surface area contributed by atoms with Crippen molar-refractivity contribution in [3.63, 3.8) is 0 Å². The van der Waals surface area contributed by atoms with Gasteiger partial charge in [0.1, 0.15) is 0 Å². The zero-order valence-corrected chi connectivity index (χ0v) is 11.6. The molecule has 19 heavy (non-hydrogen) atoms. The molecule has 0 bridgehead atoms. The van der Waals surface area contributed by atoms with Crippen molar-refractivity contribution < 1.29 is 4.79 Å². The maximum absolute atomic E-state index is 10.1. The second-order valence-corrected chi connectivity index (χ2v) is 5.45. The van der Waals surface area contributed by atoms with Crippen molar-refractivity contribution in [3.05, 3.63) is 59.7 Å². The Morgan fingerprint density at radius 1 is 1.05 bits per heavy atom. The van der Waals surface area contributed by atoms with Crippen LogP contribution in [0, 0.1) is 6.92 Å². The van der Waals surface area contributed by atoms with Crippen LogP contribution in [0.25, 0.3) is 0 Å². The van der Waals surface area contributed by atoms with E-state index in [0.717, 1.165) is 12.2 Å². The van der Waals surface area contributed by atoms with Gasteiger partial charge in [-0.1, -0.05) is 29.8 Å². The highest BCUT2D eigenvalue weighted by Gasteiger charge is 1.97. The number of nitrogens with zero attached hydrogens (tertiary/aromatic N) is 1. The second kappa shape index (κ2) is 6.93. The molecule has 0 fully saturated rings. The van der Waals surface area contributed by atoms with E-state index in [0.29, 0.717) is 5.69 Å². The fourth-order valence-corrected chi connectivity index (χ4v) is 2.61. The van der Waals surface area contributed by atoms with Gasteiger partial charge in [-0.25, -0.2) is 4.79 Å². The minimum Gasteiger partial charge on any atom is -0.211 e. The van der Waals surface area contributed by atoms with Gasteiger partial charge in [-0.15, -0.1) is 11.8 Å². The summed E-state index contributed by atoms with van der Waals surface area (Å²) in [6.07, 6.45) is 2.60. The fourth-order valence-electron chi connectivity index (χ4n) is 1.71. The van der Waals surface area contributed by atoms with Crippen molar-refractivity contribution in [2.75, 3.05) is 5.75 Å². The average Bonchev–Trinajstić information content (AvgIpc) is 2.43. The van der Waals surface area contributed by atoms with E-state index in [9.17, 15) is 4.79 Å². The maximum Gasteiger partial charge on any atom is 0.240 e. The lowest BCUT2D eigenvalue weighted by Gasteiger charge is -2.03. The summed E-state index contributed by atoms with van der Waals surface area (Å²) in [7, 11) is 0. The van der Waals surface area contributed by atoms with Crippen molar-refractivity contribution in [1.29, 1.82) is 0 Å². The molecule has 2 nitrogen and oxygen atoms in total. The Hall–Kier alpha value is -1.83. The van der Waals surface area contributed by atoms with Crippen molar-refractivity contribution in [1.82, 2.24) is 0 Å². The van der Waals surface area contributed by atoms with Crippen LogP contribution in [0.3, 0.4) is 0 Å². The molecule has 0 atom stereocenters. The molecule has 0 aliphatic heterocycles. The van der Waals surface area contributed by atoms with Crippen molar-refractivity contribution in [2.45, 2.75) is 18.2 Å². The Kier molecular flexibility index (Phi) is 4.96. The van der Waals surface area contributed by atoms with Gasteiger partial charge in [0, 0.05) is 10.6 Å². The average molecular weight is 269 g/mol. The van der Waals surface area contributed by atoms with Gasteiger partial charge in [0.25, 0.3) is 0 Å². The maximum atomic E-state index is 10.1. The Morgan fingerprint density at radius 3 is 2.37 bits per heavy atom. The molecule has 3 heteroatoms. The van der Waals surface area contributed by atoms with Gasteiger partial charge in [-0.2, -0.15) is 4.99 Å². The summed E-state index contributed by atoms with van der Waals surface area (Å²) in [5.74, 6) is 1.04. The molecule has 0 saturated heterocycles. The predicted octanol–water partition coefficient (Wildman–Crippen LogP) is 4.30. The minimum atomic E-state index is 0.651. The Labute approximate surface area is 117 Å². The summed E-state index contributed by atoms with van der Waals surface area (Å²) in [4.78, 5) is 14.9. The summed E-state index contributed by atoms with van der Waals surface area (Å²) in [6, 6.07) is 16.3. The molecule has 2 aromatic carbocycles. The van der Waals surface area contributed by atoms with Gasteiger partial charge < -0.3 is 0 Å². The molecule has 96 valence electrons. The molecule has 0 heterocycles. The van der Waals surface area contributed by atoms with Crippen molar-refractivity contribution >= 4 is 23.5 Å². The van der Waals surface area contributed by atoms with E-state index in [1.54, 1.807) is 17.8 Å². The lowest BCUT2D eigenvalue weighted by Crippen LogP contribution is -1.88. The second-order valence-electron chi connectivity index (χ2n) is 4.28. The minimum absolute atomic E-state index is 0.651. The molecule has 0 aromatic heterocycles. The largest absolute Gasteiger partial charge is 0.240 e. The van der Waals surface area contributed by atoms with Crippen LogP contribution >= 0.6 is 11.8 Å². The third-order valence-electron chi connectivity index (χ3n) is 2.79. The van der Waals surface area contributed by atoms with E-state index in [-0.39, 0.29) is 0 Å². The van der Waals surface area contributed by atoms with Crippen LogP contribution in [0.2, 0.25) is 0 Å². The molecule has 0 N–H and O–H groups in total. The number of hydrogen-bond donors (Lipinski definition) is 0. The predicted molar refractivity (Wildman–Crippen MR) is 79.8 cm³/mol. The van der Waals surface area contributed by atoms with Gasteiger partial charge >= 0.3 is 0 Å². The first kappa shape index (κ1) is 13.6. The quantitative estimate of drug-likeness (QED) is 0.460. The lowest BCUT2D eigenvalue weighted by molar-refractivity contribution is 0.565. The van der Waals surface area contributed by atoms with Gasteiger partial charge in [-0.05, 0) is 43.2 Å². The zero-order chi connectivity index (χ0) is 13.5. The summed E-state index contributed by atoms with van der Waals surface area (Å²) in [5.41, 5.74) is 3.31. The van der Waals surface area contributed by atoms with Gasteiger partial charge in [0.05, 0.1) is 5.69 Å². The van der Waals surface area contributed by atoms with Crippen LogP contribution in [0.4, 0.5) is 5.69 Å². The Morgan fingerprint density at radius 2 is 1.74 bits per heavy atom. The molecule has 0 spiro atoms. The SMILES string of the molecule is Cc1ccc(CCSc2ccc(N=C=O)cc2)cc1. The van der Waals surface area contributed by atoms with Crippen molar-refractivity contribution in [2.24, 2.45) is 4.99 Å². The summed E-state index contributed by atoms with van der Waals surface area (Å²) < 4.78 is 0. The van der Waals surface area contributed by atoms with Crippen LogP contribution in [0.15, 0.2) is 58.4 Å². The molecule has 2 aromatic rings. The van der Waals surface area contributed by atoms with E-state index in [2.05, 4.69) is 36.2 Å². The van der Waals surface area contributed by atoms with E-state index in [1.807, 2.05) is 24.3 Å². The van der Waals surface area contributed by atoms with E-state index in [1.165, 1.54) is 16.0 Å². The van der Waals surface area contributed by atoms with E-state index < -0.39 is 0 Å². The normalized spacial score (nSPS) is 9.95. The summed E-state index contributed by atoms with van der Waals surface area (Å²) >= 11 is 1.81. The smallest absolute Gasteiger partial charge is 0.211 e. The first-order chi connectivity index (χ1) is 9.28. The number of hydrogen-bond acceptors (Lipinski definition) is 3. The molecule has 0 unspecified atom stereocenters. The molecule has 2 rings (SSSR count). The summed E-state index contributed by atoms with van der Waals surface area (Å²) in [5, 5.41) is 0. The van der Waals surface area contributed by atoms with Gasteiger partial charge in [0.15, 0.2) is 0 Å². The molecular formula is C16H15NOS. The third kappa shape index (κ3) is 4.40. The number of rotatable bonds is 5. The number of thioether (sulfide) groups is 1. The molecule has 0 aliphatic rings. The van der Waals surface area contributed by atoms with Gasteiger partial charge in [-0.3, -0.25) is 0 Å². The Balaban J connectivity index is 1.85. The van der Waals surface area contributed by atoms with Crippen molar-refractivity contribution in [3.8, 4) is 0 Å². The monoisotopic (exact) mass is 269 g/mol. The number of isocyanates is 1. The molecular weight excluding hydrogens is 254 g/mol. The van der Waals surface area contributed by atoms with Crippen LogP contribution in [0.1, 0.15) is 11.1 Å². The first-order valence-corrected chi connectivity index (χ1v) is 7.13. The molecule has 0 radical (unpaired) electrons. The standard InChI is InChI=1S/C16H15NOS/c1-13-2-4-14(5-3-13)10-11-19-16-8-6-15(7-9-16)17-12-18/h2-9H,10-11H2,1H3. The lowest BCUT2D eigenvalue weighted by atomic mass is 10.1. The van der Waals surface area contributed by atoms with Crippen LogP contribution < -0.4 is 0 Å². The molecule has 0 aliphatic carbocycles. The fraction of sp³-hybridized carbons (Fsp3) is 0.188. The number of carbonyl (C=O) groups excluding carboxylic acids is 1. The van der Waals surface area contributed by atoms with Crippen LogP contribution in [0.5, 0.6) is 0 Å². The van der Waals surface area contributed by atoms with E-state index in [4.69, 9.17) is 0 Å². The number of aliphatic imine (C=N–C) groups is 1. The molecule has 0 amide bonds. The van der Waals surface area contributed by atoms with Crippen LogP contribution in [-0.4, -0.2) is 11.8 Å². The highest BCUT2D eigenvalue weighted by Crippen LogP contribution is 2.22. The Bertz CT molecular complexity index is 569. The van der Waals surface area contributed by atoms with Gasteiger partial charge in [0.2, 0.25) is 6.08 Å². The first-order valence-electron chi connectivity index (χ1n) is 6.14. The summed E-state index contributed by atoms with van der Waals surface area (Å²) in [6.45, 7) is 2.10. The van der Waals surface area contributed by atoms with Crippen LogP contribution in [-0.2, 0) is 11.2 Å². The topological polar surface area (TPSA) is 29.4 Å². The highest BCUT2D eigenvalue weighted by atomic mass is 32.2. The third-order valence-corrected chi connectivity index (χ3v) is 3.81. The number of benzene rings is 2. The number of aryl methyl sites for hydroxylation is 2. The zero-order valence-electron chi connectivity index (χ0n) is 10.8. The molecule has 0 saturated carbocycles.